The molecular weight excluding hydrogens is 309 g/mol. The number of primary sulfonamides is 1. The summed E-state index contributed by atoms with van der Waals surface area (Å²) in [6.45, 7) is 6.77. The van der Waals surface area contributed by atoms with Crippen molar-refractivity contribution in [2.45, 2.75) is 4.90 Å². The number of anilines is 1. The number of hydrogen-bond donors (Lipinski definition) is 2. The van der Waals surface area contributed by atoms with Crippen LogP contribution in [0.4, 0.5) is 15.8 Å². The lowest BCUT2D eigenvalue weighted by atomic mass is 10.1. The Kier molecular flexibility index (Phi) is 4.21. The first-order valence-corrected chi connectivity index (χ1v) is 7.47. The van der Waals surface area contributed by atoms with Gasteiger partial charge in [0, 0.05) is 5.69 Å². The summed E-state index contributed by atoms with van der Waals surface area (Å²) in [5, 5.41) is 7.37. The zero-order valence-corrected chi connectivity index (χ0v) is 11.9. The minimum Gasteiger partial charge on any atom is -0.322 e. The van der Waals surface area contributed by atoms with E-state index in [9.17, 15) is 17.6 Å². The van der Waals surface area contributed by atoms with Crippen LogP contribution >= 0.6 is 0 Å². The highest BCUT2D eigenvalue weighted by atomic mass is 32.2. The highest BCUT2D eigenvalue weighted by Crippen LogP contribution is 2.19. The van der Waals surface area contributed by atoms with E-state index in [0.29, 0.717) is 0 Å². The first-order valence-electron chi connectivity index (χ1n) is 5.92. The average molecular weight is 319 g/mol. The van der Waals surface area contributed by atoms with Crippen molar-refractivity contribution in [3.05, 3.63) is 65.3 Å². The second-order valence-electron chi connectivity index (χ2n) is 4.30. The smallest absolute Gasteiger partial charge is 0.258 e. The standard InChI is InChI=1S/C14H10FN3O3S/c1-17-9-5-6-12(13(15)8-9)14(19)18-10-3-2-4-11(7-10)22(16,20)21/h2-8H,(H,18,19)(H2,16,20,21). The predicted octanol–water partition coefficient (Wildman–Crippen LogP) is 2.28. The van der Waals surface area contributed by atoms with Gasteiger partial charge in [0.25, 0.3) is 5.91 Å². The largest absolute Gasteiger partial charge is 0.322 e. The molecule has 0 fully saturated rings. The van der Waals surface area contributed by atoms with Crippen molar-refractivity contribution in [3.63, 3.8) is 0 Å². The molecule has 6 nitrogen and oxygen atoms in total. The summed E-state index contributed by atoms with van der Waals surface area (Å²) in [6, 6.07) is 8.72. The van der Waals surface area contributed by atoms with Crippen molar-refractivity contribution in [2.24, 2.45) is 5.14 Å². The molecule has 0 saturated carbocycles. The number of nitrogens with zero attached hydrogens (tertiary/aromatic N) is 1. The lowest BCUT2D eigenvalue weighted by Crippen LogP contribution is -2.15. The maximum Gasteiger partial charge on any atom is 0.258 e. The fourth-order valence-corrected chi connectivity index (χ4v) is 2.27. The molecule has 0 heterocycles. The van der Waals surface area contributed by atoms with Crippen molar-refractivity contribution in [3.8, 4) is 0 Å². The fourth-order valence-electron chi connectivity index (χ4n) is 1.71. The number of carbonyl (C=O) groups is 1. The fraction of sp³-hybridized carbons (Fsp3) is 0. The third kappa shape index (κ3) is 3.46. The minimum absolute atomic E-state index is 0.0743. The molecule has 1 amide bonds. The van der Waals surface area contributed by atoms with Gasteiger partial charge in [-0.25, -0.2) is 22.8 Å². The van der Waals surface area contributed by atoms with Crippen LogP contribution in [0.15, 0.2) is 47.4 Å². The molecule has 0 aromatic heterocycles. The Balaban J connectivity index is 2.28. The summed E-state index contributed by atoms with van der Waals surface area (Å²) in [4.78, 5) is 14.9. The van der Waals surface area contributed by atoms with Crippen molar-refractivity contribution < 1.29 is 17.6 Å². The molecular formula is C14H10FN3O3S. The normalized spacial score (nSPS) is 10.8. The first kappa shape index (κ1) is 15.6. The number of amides is 1. The van der Waals surface area contributed by atoms with Crippen LogP contribution in [0.2, 0.25) is 0 Å². The number of carbonyl (C=O) groups excluding carboxylic acids is 1. The molecule has 0 aliphatic carbocycles. The molecule has 0 unspecified atom stereocenters. The molecule has 0 aliphatic heterocycles. The maximum absolute atomic E-state index is 13.7. The van der Waals surface area contributed by atoms with E-state index in [-0.39, 0.29) is 21.8 Å². The van der Waals surface area contributed by atoms with Crippen LogP contribution in [-0.4, -0.2) is 14.3 Å². The Bertz CT molecular complexity index is 888. The van der Waals surface area contributed by atoms with Gasteiger partial charge in [-0.15, -0.1) is 0 Å². The van der Waals surface area contributed by atoms with Gasteiger partial charge >= 0.3 is 0 Å². The number of rotatable bonds is 3. The number of hydrogen-bond acceptors (Lipinski definition) is 3. The van der Waals surface area contributed by atoms with E-state index in [0.717, 1.165) is 6.07 Å². The first-order chi connectivity index (χ1) is 10.3. The van der Waals surface area contributed by atoms with E-state index in [2.05, 4.69) is 10.2 Å². The van der Waals surface area contributed by atoms with E-state index in [1.165, 1.54) is 36.4 Å². The van der Waals surface area contributed by atoms with Gasteiger partial charge < -0.3 is 5.32 Å². The Labute approximate surface area is 126 Å². The van der Waals surface area contributed by atoms with Crippen molar-refractivity contribution in [2.75, 3.05) is 5.32 Å². The number of halogens is 1. The highest BCUT2D eigenvalue weighted by Gasteiger charge is 2.14. The van der Waals surface area contributed by atoms with Crippen LogP contribution in [0.1, 0.15) is 10.4 Å². The quantitative estimate of drug-likeness (QED) is 0.850. The monoisotopic (exact) mass is 319 g/mol. The number of nitrogens with two attached hydrogens (primary N) is 1. The van der Waals surface area contributed by atoms with Gasteiger partial charge in [-0.2, -0.15) is 0 Å². The lowest BCUT2D eigenvalue weighted by molar-refractivity contribution is 0.102. The zero-order chi connectivity index (χ0) is 16.3. The van der Waals surface area contributed by atoms with Gasteiger partial charge in [0.15, 0.2) is 5.69 Å². The van der Waals surface area contributed by atoms with Gasteiger partial charge in [-0.3, -0.25) is 4.79 Å². The molecule has 3 N–H and O–H groups in total. The Morgan fingerprint density at radius 2 is 1.95 bits per heavy atom. The van der Waals surface area contributed by atoms with E-state index < -0.39 is 21.7 Å². The number of benzene rings is 2. The number of sulfonamides is 1. The van der Waals surface area contributed by atoms with Crippen molar-refractivity contribution in [1.82, 2.24) is 0 Å². The molecule has 0 aliphatic rings. The van der Waals surface area contributed by atoms with E-state index in [4.69, 9.17) is 11.7 Å². The van der Waals surface area contributed by atoms with Crippen LogP contribution < -0.4 is 10.5 Å². The molecule has 2 aromatic rings. The molecule has 0 saturated heterocycles. The maximum atomic E-state index is 13.7. The van der Waals surface area contributed by atoms with Crippen molar-refractivity contribution in [1.29, 1.82) is 0 Å². The highest BCUT2D eigenvalue weighted by molar-refractivity contribution is 7.89. The topological polar surface area (TPSA) is 93.6 Å². The van der Waals surface area contributed by atoms with Gasteiger partial charge in [0.1, 0.15) is 5.82 Å². The van der Waals surface area contributed by atoms with Crippen LogP contribution in [0.3, 0.4) is 0 Å². The summed E-state index contributed by atoms with van der Waals surface area (Å²) in [7, 11) is -3.90. The van der Waals surface area contributed by atoms with Crippen LogP contribution in [0.5, 0.6) is 0 Å². The van der Waals surface area contributed by atoms with E-state index in [1.807, 2.05) is 0 Å². The van der Waals surface area contributed by atoms with Gasteiger partial charge in [-0.1, -0.05) is 18.2 Å². The van der Waals surface area contributed by atoms with Crippen LogP contribution in [-0.2, 0) is 10.0 Å². The zero-order valence-electron chi connectivity index (χ0n) is 11.1. The molecule has 22 heavy (non-hydrogen) atoms. The molecule has 0 bridgehead atoms. The Morgan fingerprint density at radius 1 is 1.23 bits per heavy atom. The Morgan fingerprint density at radius 3 is 2.55 bits per heavy atom. The van der Waals surface area contributed by atoms with Gasteiger partial charge in [-0.05, 0) is 24.3 Å². The van der Waals surface area contributed by atoms with E-state index in [1.54, 1.807) is 0 Å². The SMILES string of the molecule is [C-]#[N+]c1ccc(C(=O)Nc2cccc(S(N)(=O)=O)c2)c(F)c1. The van der Waals surface area contributed by atoms with Gasteiger partial charge in [0.05, 0.1) is 17.0 Å². The summed E-state index contributed by atoms with van der Waals surface area (Å²) in [6.07, 6.45) is 0. The molecule has 112 valence electrons. The average Bonchev–Trinajstić information content (AvgIpc) is 2.46. The minimum atomic E-state index is -3.90. The third-order valence-corrected chi connectivity index (χ3v) is 3.66. The van der Waals surface area contributed by atoms with Crippen LogP contribution in [0.25, 0.3) is 4.85 Å². The summed E-state index contributed by atoms with van der Waals surface area (Å²) >= 11 is 0. The third-order valence-electron chi connectivity index (χ3n) is 2.75. The Hall–Kier alpha value is -2.76. The summed E-state index contributed by atoms with van der Waals surface area (Å²) in [5.74, 6) is -1.60. The lowest BCUT2D eigenvalue weighted by Gasteiger charge is -2.07. The second kappa shape index (κ2) is 5.93. The summed E-state index contributed by atoms with van der Waals surface area (Å²) in [5.41, 5.74) is -0.0242. The predicted molar refractivity (Wildman–Crippen MR) is 78.4 cm³/mol. The number of nitrogens with one attached hydrogen (secondary N) is 1. The van der Waals surface area contributed by atoms with Crippen LogP contribution in [0, 0.1) is 12.4 Å². The van der Waals surface area contributed by atoms with Gasteiger partial charge in [0.2, 0.25) is 10.0 Å². The molecule has 2 aromatic carbocycles. The molecule has 2 rings (SSSR count). The summed E-state index contributed by atoms with van der Waals surface area (Å²) < 4.78 is 36.2. The van der Waals surface area contributed by atoms with E-state index >= 15 is 0 Å². The molecule has 0 radical (unpaired) electrons. The molecule has 0 spiro atoms. The molecule has 8 heteroatoms. The van der Waals surface area contributed by atoms with Crippen molar-refractivity contribution >= 4 is 27.3 Å². The second-order valence-corrected chi connectivity index (χ2v) is 5.86. The molecule has 0 atom stereocenters.